The fourth-order valence-electron chi connectivity index (χ4n) is 4.21. The van der Waals surface area contributed by atoms with Crippen LogP contribution in [0.3, 0.4) is 0 Å². The third-order valence-corrected chi connectivity index (χ3v) is 6.04. The van der Waals surface area contributed by atoms with Crippen LogP contribution in [0.1, 0.15) is 50.7 Å². The maximum Gasteiger partial charge on any atom is 0.408 e. The molecule has 1 heterocycles. The molecule has 1 fully saturated rings. The van der Waals surface area contributed by atoms with Crippen LogP contribution >= 0.6 is 0 Å². The summed E-state index contributed by atoms with van der Waals surface area (Å²) in [5, 5.41) is 2.66. The van der Waals surface area contributed by atoms with E-state index in [0.29, 0.717) is 25.0 Å². The third kappa shape index (κ3) is 7.44. The van der Waals surface area contributed by atoms with E-state index in [0.717, 1.165) is 24.0 Å². The van der Waals surface area contributed by atoms with E-state index in [4.69, 9.17) is 9.47 Å². The molecule has 186 valence electrons. The van der Waals surface area contributed by atoms with Crippen LogP contribution in [0.5, 0.6) is 0 Å². The van der Waals surface area contributed by atoms with Crippen LogP contribution in [0.25, 0.3) is 0 Å². The number of likely N-dealkylation sites (tertiary alicyclic amines) is 1. The first-order valence-electron chi connectivity index (χ1n) is 12.1. The van der Waals surface area contributed by atoms with Gasteiger partial charge in [-0.15, -0.1) is 0 Å². The van der Waals surface area contributed by atoms with Crippen molar-refractivity contribution in [3.63, 3.8) is 0 Å². The summed E-state index contributed by atoms with van der Waals surface area (Å²) in [6.45, 7) is 7.89. The molecule has 0 bridgehead atoms. The van der Waals surface area contributed by atoms with E-state index < -0.39 is 24.1 Å². The van der Waals surface area contributed by atoms with Crippen molar-refractivity contribution in [2.45, 2.75) is 70.7 Å². The number of esters is 1. The number of alkyl carbamates (subject to hydrolysis) is 1. The minimum absolute atomic E-state index is 0.107. The average molecular weight is 479 g/mol. The summed E-state index contributed by atoms with van der Waals surface area (Å²) in [4.78, 5) is 40.4. The normalized spacial score (nSPS) is 18.1. The van der Waals surface area contributed by atoms with Gasteiger partial charge in [0.1, 0.15) is 24.4 Å². The molecule has 35 heavy (non-hydrogen) atoms. The summed E-state index contributed by atoms with van der Waals surface area (Å²) in [6, 6.07) is 16.9. The Morgan fingerprint density at radius 1 is 1.09 bits per heavy atom. The number of nitrogens with zero attached hydrogens (tertiary/aromatic N) is 1. The molecule has 2 aromatic rings. The highest BCUT2D eigenvalue weighted by Gasteiger charge is 2.44. The van der Waals surface area contributed by atoms with E-state index >= 15 is 0 Å². The first kappa shape index (κ1) is 26.0. The number of rotatable bonds is 11. The zero-order valence-corrected chi connectivity index (χ0v) is 20.4. The zero-order chi connectivity index (χ0) is 25.2. The van der Waals surface area contributed by atoms with Crippen molar-refractivity contribution in [3.8, 4) is 0 Å². The van der Waals surface area contributed by atoms with Gasteiger partial charge in [0.2, 0.25) is 5.91 Å². The summed E-state index contributed by atoms with van der Waals surface area (Å²) in [7, 11) is 0. The maximum absolute atomic E-state index is 13.3. The first-order valence-corrected chi connectivity index (χ1v) is 12.1. The van der Waals surface area contributed by atoms with Gasteiger partial charge in [-0.2, -0.15) is 0 Å². The number of allylic oxidation sites excluding steroid dienone is 1. The van der Waals surface area contributed by atoms with Gasteiger partial charge >= 0.3 is 12.1 Å². The first-order chi connectivity index (χ1) is 16.9. The topological polar surface area (TPSA) is 84.9 Å². The van der Waals surface area contributed by atoms with Gasteiger partial charge in [0.15, 0.2) is 0 Å². The fraction of sp³-hybridized carbons (Fsp3) is 0.393. The van der Waals surface area contributed by atoms with Gasteiger partial charge in [-0.1, -0.05) is 80.6 Å². The fourth-order valence-corrected chi connectivity index (χ4v) is 4.21. The van der Waals surface area contributed by atoms with Crippen LogP contribution in [-0.2, 0) is 32.1 Å². The highest BCUT2D eigenvalue weighted by atomic mass is 16.5. The van der Waals surface area contributed by atoms with Crippen molar-refractivity contribution in [1.82, 2.24) is 10.2 Å². The largest absolute Gasteiger partial charge is 0.445 e. The second-order valence-corrected chi connectivity index (χ2v) is 8.86. The van der Waals surface area contributed by atoms with Crippen LogP contribution in [0.2, 0.25) is 0 Å². The van der Waals surface area contributed by atoms with Gasteiger partial charge in [-0.05, 0) is 30.9 Å². The van der Waals surface area contributed by atoms with E-state index in [2.05, 4.69) is 18.8 Å². The Morgan fingerprint density at radius 2 is 1.71 bits per heavy atom. The summed E-state index contributed by atoms with van der Waals surface area (Å²) in [5.41, 5.74) is 1.76. The molecule has 1 saturated heterocycles. The lowest BCUT2D eigenvalue weighted by Crippen LogP contribution is -2.50. The lowest BCUT2D eigenvalue weighted by Gasteiger charge is -2.30. The van der Waals surface area contributed by atoms with E-state index in [1.807, 2.05) is 67.6 Å². The molecule has 3 atom stereocenters. The van der Waals surface area contributed by atoms with E-state index in [-0.39, 0.29) is 18.6 Å². The maximum atomic E-state index is 13.3. The Hall–Kier alpha value is -3.61. The zero-order valence-electron chi connectivity index (χ0n) is 20.4. The Bertz CT molecular complexity index is 1010. The number of benzene rings is 2. The predicted molar refractivity (Wildman–Crippen MR) is 133 cm³/mol. The number of amides is 2. The highest BCUT2D eigenvalue weighted by molar-refractivity contribution is 5.92. The van der Waals surface area contributed by atoms with Crippen molar-refractivity contribution in [3.05, 3.63) is 84.1 Å². The molecule has 0 aliphatic carbocycles. The van der Waals surface area contributed by atoms with Gasteiger partial charge < -0.3 is 19.7 Å². The smallest absolute Gasteiger partial charge is 0.408 e. The van der Waals surface area contributed by atoms with Gasteiger partial charge in [-0.3, -0.25) is 4.79 Å². The molecular weight excluding hydrogens is 444 g/mol. The number of hydrogen-bond donors (Lipinski definition) is 1. The summed E-state index contributed by atoms with van der Waals surface area (Å²) in [5.74, 6) is -0.443. The minimum atomic E-state index is -0.828. The summed E-state index contributed by atoms with van der Waals surface area (Å²) in [6.07, 6.45) is 2.42. The summed E-state index contributed by atoms with van der Waals surface area (Å²) < 4.78 is 10.8. The third-order valence-electron chi connectivity index (χ3n) is 6.04. The van der Waals surface area contributed by atoms with Crippen molar-refractivity contribution >= 4 is 18.0 Å². The van der Waals surface area contributed by atoms with Crippen LogP contribution in [0, 0.1) is 0 Å². The van der Waals surface area contributed by atoms with Crippen molar-refractivity contribution in [2.24, 2.45) is 0 Å². The SMILES string of the molecule is C=C(CCCC)OC(=O)[C@H](Cc1ccccc1)N1C(=O)[C@@H](NC(=O)OCc2ccccc2)CC1C. The Kier molecular flexibility index (Phi) is 9.47. The Balaban J connectivity index is 1.69. The van der Waals surface area contributed by atoms with Crippen LogP contribution in [-0.4, -0.2) is 41.0 Å². The molecule has 1 unspecified atom stereocenters. The van der Waals surface area contributed by atoms with Crippen LogP contribution in [0.4, 0.5) is 4.79 Å². The number of carbonyl (C=O) groups is 3. The predicted octanol–water partition coefficient (Wildman–Crippen LogP) is 4.76. The van der Waals surface area contributed by atoms with Gasteiger partial charge in [0, 0.05) is 18.9 Å². The number of hydrogen-bond acceptors (Lipinski definition) is 5. The standard InChI is InChI=1S/C28H34N2O5/c1-4-5-12-21(3)35-27(32)25(18-22-13-8-6-9-14-22)30-20(2)17-24(26(30)31)29-28(33)34-19-23-15-10-7-11-16-23/h6-11,13-16,20,24-25H,3-5,12,17-19H2,1-2H3,(H,29,33)/t20?,24-,25-/m0/s1. The molecule has 0 aromatic heterocycles. The number of ether oxygens (including phenoxy) is 2. The van der Waals surface area contributed by atoms with Crippen LogP contribution < -0.4 is 5.32 Å². The molecule has 1 aliphatic heterocycles. The molecular formula is C28H34N2O5. The number of unbranched alkanes of at least 4 members (excludes halogenated alkanes) is 1. The molecule has 2 aromatic carbocycles. The van der Waals surface area contributed by atoms with E-state index in [9.17, 15) is 14.4 Å². The Labute approximate surface area is 207 Å². The van der Waals surface area contributed by atoms with Crippen molar-refractivity contribution in [2.75, 3.05) is 0 Å². The second-order valence-electron chi connectivity index (χ2n) is 8.86. The van der Waals surface area contributed by atoms with Crippen LogP contribution in [0.15, 0.2) is 73.0 Å². The molecule has 7 nitrogen and oxygen atoms in total. The van der Waals surface area contributed by atoms with E-state index in [1.165, 1.54) is 4.90 Å². The molecule has 0 spiro atoms. The van der Waals surface area contributed by atoms with Gasteiger partial charge in [0.25, 0.3) is 0 Å². The molecule has 1 N–H and O–H groups in total. The lowest BCUT2D eigenvalue weighted by molar-refractivity contribution is -0.151. The quantitative estimate of drug-likeness (QED) is 0.372. The molecule has 1 aliphatic rings. The lowest BCUT2D eigenvalue weighted by atomic mass is 10.0. The highest BCUT2D eigenvalue weighted by Crippen LogP contribution is 2.26. The minimum Gasteiger partial charge on any atom is -0.445 e. The second kappa shape index (κ2) is 12.7. The Morgan fingerprint density at radius 3 is 2.34 bits per heavy atom. The molecule has 0 saturated carbocycles. The monoisotopic (exact) mass is 478 g/mol. The molecule has 7 heteroatoms. The van der Waals surface area contributed by atoms with Gasteiger partial charge in [-0.25, -0.2) is 9.59 Å². The number of carbonyl (C=O) groups excluding carboxylic acids is 3. The average Bonchev–Trinajstić information content (AvgIpc) is 3.13. The molecule has 2 amide bonds. The summed E-state index contributed by atoms with van der Waals surface area (Å²) >= 11 is 0. The van der Waals surface area contributed by atoms with Crippen molar-refractivity contribution < 1.29 is 23.9 Å². The molecule has 0 radical (unpaired) electrons. The van der Waals surface area contributed by atoms with E-state index in [1.54, 1.807) is 0 Å². The number of nitrogens with one attached hydrogen (secondary N) is 1. The van der Waals surface area contributed by atoms with Gasteiger partial charge in [0.05, 0.1) is 0 Å². The van der Waals surface area contributed by atoms with Crippen molar-refractivity contribution in [1.29, 1.82) is 0 Å². The molecule has 3 rings (SSSR count).